The smallest absolute Gasteiger partial charge is 0.193 e. The van der Waals surface area contributed by atoms with E-state index in [1.54, 1.807) is 0 Å². The van der Waals surface area contributed by atoms with E-state index in [1.807, 2.05) is 43.3 Å². The van der Waals surface area contributed by atoms with E-state index in [-0.39, 0.29) is 24.0 Å². The van der Waals surface area contributed by atoms with Gasteiger partial charge in [0.1, 0.15) is 12.4 Å². The van der Waals surface area contributed by atoms with Crippen molar-refractivity contribution in [3.05, 3.63) is 29.8 Å². The standard InChI is InChI=1S/C14H23N3O.HI/c1-5-15-14(17(3)4)16-10-11-18-13-8-6-12(2)7-9-13;/h6-9H,5,10-11H2,1-4H3,(H,15,16);1H. The Morgan fingerprint density at radius 1 is 1.26 bits per heavy atom. The average Bonchev–Trinajstić information content (AvgIpc) is 2.35. The molecule has 1 aromatic carbocycles. The summed E-state index contributed by atoms with van der Waals surface area (Å²) in [5.74, 6) is 1.79. The number of benzene rings is 1. The monoisotopic (exact) mass is 377 g/mol. The topological polar surface area (TPSA) is 36.9 Å². The summed E-state index contributed by atoms with van der Waals surface area (Å²) in [4.78, 5) is 6.42. The molecule has 0 fully saturated rings. The fraction of sp³-hybridized carbons (Fsp3) is 0.500. The van der Waals surface area contributed by atoms with Crippen molar-refractivity contribution in [3.8, 4) is 5.75 Å². The molecule has 0 aliphatic heterocycles. The number of nitrogens with one attached hydrogen (secondary N) is 1. The van der Waals surface area contributed by atoms with Crippen molar-refractivity contribution in [3.63, 3.8) is 0 Å². The van der Waals surface area contributed by atoms with Gasteiger partial charge in [-0.15, -0.1) is 24.0 Å². The molecule has 0 aromatic heterocycles. The van der Waals surface area contributed by atoms with Crippen molar-refractivity contribution in [1.82, 2.24) is 10.2 Å². The van der Waals surface area contributed by atoms with Gasteiger partial charge in [0.05, 0.1) is 6.54 Å². The lowest BCUT2D eigenvalue weighted by Crippen LogP contribution is -2.36. The van der Waals surface area contributed by atoms with E-state index in [1.165, 1.54) is 5.56 Å². The molecule has 4 nitrogen and oxygen atoms in total. The SMILES string of the molecule is CCNC(=NCCOc1ccc(C)cc1)N(C)C.I. The van der Waals surface area contributed by atoms with Gasteiger partial charge in [-0.3, -0.25) is 0 Å². The predicted molar refractivity (Wildman–Crippen MR) is 91.8 cm³/mol. The third-order valence-corrected chi connectivity index (χ3v) is 2.40. The molecule has 0 unspecified atom stereocenters. The van der Waals surface area contributed by atoms with Crippen LogP contribution in [0.3, 0.4) is 0 Å². The highest BCUT2D eigenvalue weighted by atomic mass is 127. The number of aliphatic imine (C=N–C) groups is 1. The molecular weight excluding hydrogens is 353 g/mol. The van der Waals surface area contributed by atoms with E-state index in [2.05, 4.69) is 24.2 Å². The van der Waals surface area contributed by atoms with E-state index in [4.69, 9.17) is 4.74 Å². The summed E-state index contributed by atoms with van der Waals surface area (Å²) >= 11 is 0. The lowest BCUT2D eigenvalue weighted by Gasteiger charge is -2.16. The molecule has 1 N–H and O–H groups in total. The Hall–Kier alpha value is -0.980. The molecule has 0 bridgehead atoms. The van der Waals surface area contributed by atoms with Crippen molar-refractivity contribution < 1.29 is 4.74 Å². The van der Waals surface area contributed by atoms with Crippen LogP contribution >= 0.6 is 24.0 Å². The third kappa shape index (κ3) is 7.25. The molecule has 0 saturated heterocycles. The maximum absolute atomic E-state index is 5.62. The number of guanidine groups is 1. The summed E-state index contributed by atoms with van der Waals surface area (Å²) in [5.41, 5.74) is 1.24. The first-order valence-electron chi connectivity index (χ1n) is 6.28. The molecule has 0 aliphatic carbocycles. The maximum Gasteiger partial charge on any atom is 0.193 e. The first-order valence-corrected chi connectivity index (χ1v) is 6.28. The Balaban J connectivity index is 0.00000324. The summed E-state index contributed by atoms with van der Waals surface area (Å²) in [7, 11) is 3.95. The molecule has 1 rings (SSSR count). The van der Waals surface area contributed by atoms with Gasteiger partial charge in [0.2, 0.25) is 0 Å². The Morgan fingerprint density at radius 3 is 2.42 bits per heavy atom. The van der Waals surface area contributed by atoms with Crippen LogP contribution in [0.25, 0.3) is 0 Å². The number of nitrogens with zero attached hydrogens (tertiary/aromatic N) is 2. The van der Waals surface area contributed by atoms with Gasteiger partial charge in [-0.25, -0.2) is 4.99 Å². The fourth-order valence-electron chi connectivity index (χ4n) is 1.46. The van der Waals surface area contributed by atoms with Gasteiger partial charge in [0.15, 0.2) is 5.96 Å². The van der Waals surface area contributed by atoms with Gasteiger partial charge in [-0.2, -0.15) is 0 Å². The Labute approximate surface area is 133 Å². The summed E-state index contributed by atoms with van der Waals surface area (Å²) in [6.07, 6.45) is 0. The van der Waals surface area contributed by atoms with E-state index in [9.17, 15) is 0 Å². The van der Waals surface area contributed by atoms with Crippen molar-refractivity contribution in [1.29, 1.82) is 0 Å². The first-order chi connectivity index (χ1) is 8.63. The fourth-order valence-corrected chi connectivity index (χ4v) is 1.46. The number of rotatable bonds is 5. The van der Waals surface area contributed by atoms with Crippen molar-refractivity contribution in [2.24, 2.45) is 4.99 Å². The minimum absolute atomic E-state index is 0. The second-order valence-electron chi connectivity index (χ2n) is 4.29. The molecule has 0 heterocycles. The highest BCUT2D eigenvalue weighted by molar-refractivity contribution is 14.0. The van der Waals surface area contributed by atoms with Crippen molar-refractivity contribution in [2.75, 3.05) is 33.8 Å². The van der Waals surface area contributed by atoms with Gasteiger partial charge in [-0.05, 0) is 26.0 Å². The van der Waals surface area contributed by atoms with Crippen LogP contribution in [0.1, 0.15) is 12.5 Å². The predicted octanol–water partition coefficient (Wildman–Crippen LogP) is 2.52. The molecule has 108 valence electrons. The van der Waals surface area contributed by atoms with Crippen molar-refractivity contribution in [2.45, 2.75) is 13.8 Å². The molecule has 5 heteroatoms. The lowest BCUT2D eigenvalue weighted by atomic mass is 10.2. The average molecular weight is 377 g/mol. The van der Waals surface area contributed by atoms with Gasteiger partial charge in [0, 0.05) is 20.6 Å². The number of hydrogen-bond acceptors (Lipinski definition) is 2. The van der Waals surface area contributed by atoms with Gasteiger partial charge < -0.3 is 15.0 Å². The highest BCUT2D eigenvalue weighted by Gasteiger charge is 1.98. The van der Waals surface area contributed by atoms with E-state index >= 15 is 0 Å². The van der Waals surface area contributed by atoms with E-state index < -0.39 is 0 Å². The van der Waals surface area contributed by atoms with Crippen molar-refractivity contribution >= 4 is 29.9 Å². The lowest BCUT2D eigenvalue weighted by molar-refractivity contribution is 0.328. The molecule has 19 heavy (non-hydrogen) atoms. The minimum Gasteiger partial charge on any atom is -0.492 e. The van der Waals surface area contributed by atoms with Crippen LogP contribution < -0.4 is 10.1 Å². The van der Waals surface area contributed by atoms with Crippen LogP contribution in [0.15, 0.2) is 29.3 Å². The first kappa shape index (κ1) is 18.0. The molecular formula is C14H24IN3O. The van der Waals surface area contributed by atoms with Crippen LogP contribution in [-0.4, -0.2) is 44.7 Å². The molecule has 0 atom stereocenters. The summed E-state index contributed by atoms with van der Waals surface area (Å²) in [5, 5.41) is 3.21. The zero-order chi connectivity index (χ0) is 13.4. The highest BCUT2D eigenvalue weighted by Crippen LogP contribution is 2.10. The van der Waals surface area contributed by atoms with Crippen LogP contribution in [0.4, 0.5) is 0 Å². The summed E-state index contributed by atoms with van der Waals surface area (Å²) in [6.45, 7) is 6.23. The van der Waals surface area contributed by atoms with E-state index in [0.717, 1.165) is 18.3 Å². The number of hydrogen-bond donors (Lipinski definition) is 1. The molecule has 0 saturated carbocycles. The molecule has 0 radical (unpaired) electrons. The van der Waals surface area contributed by atoms with E-state index in [0.29, 0.717) is 13.2 Å². The molecule has 1 aromatic rings. The van der Waals surface area contributed by atoms with Crippen LogP contribution in [0, 0.1) is 6.92 Å². The third-order valence-electron chi connectivity index (χ3n) is 2.40. The van der Waals surface area contributed by atoms with Gasteiger partial charge >= 0.3 is 0 Å². The van der Waals surface area contributed by atoms with Crippen LogP contribution in [0.2, 0.25) is 0 Å². The van der Waals surface area contributed by atoms with Crippen LogP contribution in [-0.2, 0) is 0 Å². The molecule has 0 amide bonds. The second kappa shape index (κ2) is 9.89. The Bertz CT molecular complexity index is 377. The van der Waals surface area contributed by atoms with Gasteiger partial charge in [0.25, 0.3) is 0 Å². The van der Waals surface area contributed by atoms with Gasteiger partial charge in [-0.1, -0.05) is 17.7 Å². The number of halogens is 1. The zero-order valence-corrected chi connectivity index (χ0v) is 14.5. The molecule has 0 aliphatic rings. The Morgan fingerprint density at radius 2 is 1.89 bits per heavy atom. The Kier molecular flexibility index (Phi) is 9.38. The number of ether oxygens (including phenoxy) is 1. The zero-order valence-electron chi connectivity index (χ0n) is 12.1. The summed E-state index contributed by atoms with van der Waals surface area (Å²) < 4.78 is 5.62. The maximum atomic E-state index is 5.62. The second-order valence-corrected chi connectivity index (χ2v) is 4.29. The largest absolute Gasteiger partial charge is 0.492 e. The normalized spacial score (nSPS) is 10.6. The summed E-state index contributed by atoms with van der Waals surface area (Å²) in [6, 6.07) is 8.05. The molecule has 0 spiro atoms. The minimum atomic E-state index is 0. The quantitative estimate of drug-likeness (QED) is 0.371. The van der Waals surface area contributed by atoms with Crippen LogP contribution in [0.5, 0.6) is 5.75 Å². The number of aryl methyl sites for hydroxylation is 1.